The minimum atomic E-state index is 0.172. The molecule has 0 saturated carbocycles. The second-order valence-corrected chi connectivity index (χ2v) is 7.75. The molecule has 1 N–H and O–H groups in total. The van der Waals surface area contributed by atoms with E-state index in [1.807, 2.05) is 17.0 Å². The Morgan fingerprint density at radius 1 is 1.07 bits per heavy atom. The Labute approximate surface area is 178 Å². The number of amides is 1. The SMILES string of the molecule is CC(=O)N1CCN(Cc2cccc(NCc3ccc(OCCCCl)cc3)c2)CC1. The molecule has 0 spiro atoms. The van der Waals surface area contributed by atoms with Gasteiger partial charge < -0.3 is 15.0 Å². The average Bonchev–Trinajstić information content (AvgIpc) is 2.74. The number of benzene rings is 2. The zero-order valence-electron chi connectivity index (χ0n) is 17.1. The van der Waals surface area contributed by atoms with Crippen LogP contribution in [0.15, 0.2) is 48.5 Å². The van der Waals surface area contributed by atoms with Gasteiger partial charge in [0.15, 0.2) is 0 Å². The van der Waals surface area contributed by atoms with E-state index in [0.717, 1.165) is 57.1 Å². The van der Waals surface area contributed by atoms with Gasteiger partial charge in [0, 0.05) is 57.8 Å². The summed E-state index contributed by atoms with van der Waals surface area (Å²) in [6, 6.07) is 16.7. The lowest BCUT2D eigenvalue weighted by Crippen LogP contribution is -2.47. The van der Waals surface area contributed by atoms with Crippen LogP contribution in [-0.4, -0.2) is 54.4 Å². The second-order valence-electron chi connectivity index (χ2n) is 7.37. The number of nitrogens with zero attached hydrogens (tertiary/aromatic N) is 2. The van der Waals surface area contributed by atoms with Crippen LogP contribution in [0.25, 0.3) is 0 Å². The van der Waals surface area contributed by atoms with Gasteiger partial charge in [0.25, 0.3) is 0 Å². The molecule has 5 nitrogen and oxygen atoms in total. The number of rotatable bonds is 9. The van der Waals surface area contributed by atoms with E-state index in [-0.39, 0.29) is 5.91 Å². The Morgan fingerprint density at radius 3 is 2.52 bits per heavy atom. The van der Waals surface area contributed by atoms with Crippen LogP contribution in [0.1, 0.15) is 24.5 Å². The molecular weight excluding hydrogens is 386 g/mol. The number of hydrogen-bond donors (Lipinski definition) is 1. The molecule has 6 heteroatoms. The number of carbonyl (C=O) groups is 1. The lowest BCUT2D eigenvalue weighted by molar-refractivity contribution is -0.130. The molecule has 0 aliphatic carbocycles. The van der Waals surface area contributed by atoms with Crippen molar-refractivity contribution in [2.45, 2.75) is 26.4 Å². The van der Waals surface area contributed by atoms with Gasteiger partial charge in [-0.05, 0) is 41.8 Å². The Balaban J connectivity index is 1.47. The van der Waals surface area contributed by atoms with Crippen molar-refractivity contribution in [3.05, 3.63) is 59.7 Å². The van der Waals surface area contributed by atoms with Crippen LogP contribution in [0.2, 0.25) is 0 Å². The van der Waals surface area contributed by atoms with Crippen molar-refractivity contribution >= 4 is 23.2 Å². The molecule has 1 saturated heterocycles. The number of ether oxygens (including phenoxy) is 1. The highest BCUT2D eigenvalue weighted by Gasteiger charge is 2.18. The quantitative estimate of drug-likeness (QED) is 0.497. The monoisotopic (exact) mass is 415 g/mol. The molecule has 2 aromatic rings. The van der Waals surface area contributed by atoms with E-state index in [1.54, 1.807) is 6.92 Å². The minimum absolute atomic E-state index is 0.172. The van der Waals surface area contributed by atoms with Crippen LogP contribution in [0.3, 0.4) is 0 Å². The van der Waals surface area contributed by atoms with Gasteiger partial charge in [-0.2, -0.15) is 0 Å². The largest absolute Gasteiger partial charge is 0.494 e. The van der Waals surface area contributed by atoms with Crippen LogP contribution >= 0.6 is 11.6 Å². The molecule has 1 aliphatic heterocycles. The van der Waals surface area contributed by atoms with Crippen molar-refractivity contribution in [1.82, 2.24) is 9.80 Å². The van der Waals surface area contributed by atoms with Crippen LogP contribution in [0.5, 0.6) is 5.75 Å². The fraction of sp³-hybridized carbons (Fsp3) is 0.435. The summed E-state index contributed by atoms with van der Waals surface area (Å²) in [5.41, 5.74) is 3.61. The van der Waals surface area contributed by atoms with Gasteiger partial charge in [0.2, 0.25) is 5.91 Å². The number of hydrogen-bond acceptors (Lipinski definition) is 4. The van der Waals surface area contributed by atoms with Crippen molar-refractivity contribution in [2.75, 3.05) is 44.0 Å². The second kappa shape index (κ2) is 11.1. The van der Waals surface area contributed by atoms with Crippen LogP contribution in [0.4, 0.5) is 5.69 Å². The van der Waals surface area contributed by atoms with E-state index in [4.69, 9.17) is 16.3 Å². The molecule has 156 valence electrons. The molecule has 3 rings (SSSR count). The number of carbonyl (C=O) groups excluding carboxylic acids is 1. The van der Waals surface area contributed by atoms with Crippen molar-refractivity contribution < 1.29 is 9.53 Å². The van der Waals surface area contributed by atoms with Crippen molar-refractivity contribution in [2.24, 2.45) is 0 Å². The van der Waals surface area contributed by atoms with Gasteiger partial charge in [-0.3, -0.25) is 9.69 Å². The molecule has 1 fully saturated rings. The van der Waals surface area contributed by atoms with Crippen molar-refractivity contribution in [1.29, 1.82) is 0 Å². The van der Waals surface area contributed by atoms with Crippen molar-refractivity contribution in [3.8, 4) is 5.75 Å². The van der Waals surface area contributed by atoms with E-state index in [1.165, 1.54) is 11.1 Å². The number of anilines is 1. The maximum atomic E-state index is 11.5. The van der Waals surface area contributed by atoms with E-state index < -0.39 is 0 Å². The lowest BCUT2D eigenvalue weighted by atomic mass is 10.1. The molecule has 0 radical (unpaired) electrons. The van der Waals surface area contributed by atoms with Crippen LogP contribution in [0, 0.1) is 0 Å². The summed E-state index contributed by atoms with van der Waals surface area (Å²) >= 11 is 5.67. The van der Waals surface area contributed by atoms with Crippen molar-refractivity contribution in [3.63, 3.8) is 0 Å². The molecule has 0 unspecified atom stereocenters. The number of halogens is 1. The van der Waals surface area contributed by atoms with E-state index in [0.29, 0.717) is 12.5 Å². The fourth-order valence-corrected chi connectivity index (χ4v) is 3.52. The summed E-state index contributed by atoms with van der Waals surface area (Å²) in [7, 11) is 0. The van der Waals surface area contributed by atoms with E-state index in [9.17, 15) is 4.79 Å². The third-order valence-electron chi connectivity index (χ3n) is 5.12. The molecule has 0 atom stereocenters. The smallest absolute Gasteiger partial charge is 0.219 e. The number of piperazine rings is 1. The molecule has 1 amide bonds. The normalized spacial score (nSPS) is 14.6. The molecule has 1 aliphatic rings. The topological polar surface area (TPSA) is 44.8 Å². The predicted octanol–water partition coefficient (Wildman–Crippen LogP) is 3.97. The molecule has 2 aromatic carbocycles. The highest BCUT2D eigenvalue weighted by Crippen LogP contribution is 2.17. The lowest BCUT2D eigenvalue weighted by Gasteiger charge is -2.34. The maximum Gasteiger partial charge on any atom is 0.219 e. The standard InChI is InChI=1S/C23H30ClN3O2/c1-19(28)27-13-11-26(12-14-27)18-21-4-2-5-22(16-21)25-17-20-6-8-23(9-7-20)29-15-3-10-24/h2,4-9,16,25H,3,10-15,17-18H2,1H3. The van der Waals surface area contributed by atoms with E-state index in [2.05, 4.69) is 46.6 Å². The van der Waals surface area contributed by atoms with Gasteiger partial charge in [-0.25, -0.2) is 0 Å². The molecule has 0 bridgehead atoms. The molecule has 29 heavy (non-hydrogen) atoms. The van der Waals surface area contributed by atoms with Gasteiger partial charge in [-0.1, -0.05) is 24.3 Å². The Morgan fingerprint density at radius 2 is 1.83 bits per heavy atom. The molecule has 1 heterocycles. The predicted molar refractivity (Wildman–Crippen MR) is 119 cm³/mol. The van der Waals surface area contributed by atoms with Crippen LogP contribution in [-0.2, 0) is 17.9 Å². The summed E-state index contributed by atoms with van der Waals surface area (Å²) < 4.78 is 5.64. The van der Waals surface area contributed by atoms with E-state index >= 15 is 0 Å². The number of nitrogens with one attached hydrogen (secondary N) is 1. The summed E-state index contributed by atoms with van der Waals surface area (Å²) in [5.74, 6) is 1.67. The average molecular weight is 416 g/mol. The van der Waals surface area contributed by atoms with Crippen LogP contribution < -0.4 is 10.1 Å². The summed E-state index contributed by atoms with van der Waals surface area (Å²) in [5, 5.41) is 3.50. The Bertz CT molecular complexity index is 774. The Kier molecular flexibility index (Phi) is 8.20. The first-order chi connectivity index (χ1) is 14.1. The van der Waals surface area contributed by atoms with Gasteiger partial charge in [0.1, 0.15) is 5.75 Å². The molecule has 0 aromatic heterocycles. The van der Waals surface area contributed by atoms with Gasteiger partial charge in [-0.15, -0.1) is 11.6 Å². The maximum absolute atomic E-state index is 11.5. The molecular formula is C23H30ClN3O2. The van der Waals surface area contributed by atoms with Gasteiger partial charge in [0.05, 0.1) is 6.61 Å². The fourth-order valence-electron chi connectivity index (χ4n) is 3.41. The number of alkyl halides is 1. The first kappa shape index (κ1) is 21.5. The zero-order chi connectivity index (χ0) is 20.5. The Hall–Kier alpha value is -2.24. The first-order valence-corrected chi connectivity index (χ1v) is 10.8. The summed E-state index contributed by atoms with van der Waals surface area (Å²) in [6.07, 6.45) is 0.855. The zero-order valence-corrected chi connectivity index (χ0v) is 17.8. The minimum Gasteiger partial charge on any atom is -0.494 e. The third-order valence-corrected chi connectivity index (χ3v) is 5.38. The first-order valence-electron chi connectivity index (χ1n) is 10.2. The summed E-state index contributed by atoms with van der Waals surface area (Å²) in [4.78, 5) is 15.8. The van der Waals surface area contributed by atoms with Gasteiger partial charge >= 0.3 is 0 Å². The highest BCUT2D eigenvalue weighted by molar-refractivity contribution is 6.17. The third kappa shape index (κ3) is 6.94. The highest BCUT2D eigenvalue weighted by atomic mass is 35.5. The summed E-state index contributed by atoms with van der Waals surface area (Å²) in [6.45, 7) is 7.47.